The van der Waals surface area contributed by atoms with E-state index in [1.54, 1.807) is 0 Å². The zero-order chi connectivity index (χ0) is 66.7. The van der Waals surface area contributed by atoms with E-state index in [9.17, 15) is 0 Å². The molecule has 4 aliphatic rings. The van der Waals surface area contributed by atoms with E-state index in [0.717, 1.165) is 0 Å². The SMILES string of the molecule is CN1c2ccccc2C(c2ccccc2)(c2ccccc2)c2c(-c3cccc4c(-c5cccc6c5-c5ccccc5C65c6ccccc6-c6c5c5ccccc5c5ccccc65)c5cccc(-c6cccc7c6C(c6ccccc6)(c6ccccc6)c6ccccc6N7C)c5cc34)cccc21. The Labute approximate surface area is 588 Å². The molecule has 0 aromatic heterocycles. The highest BCUT2D eigenvalue weighted by atomic mass is 15.1. The van der Waals surface area contributed by atoms with E-state index in [1.165, 1.54) is 188 Å². The molecule has 2 heterocycles. The standard InChI is InChI=1S/C99H66N2/c1-100-87-58-25-23-55-84(87)97(63-32-7-3-8-33-63,64-34-9-4-10-35-64)94-74(50-30-60-89(94)100)69-46-27-48-72-80(69)62-81-70(75-51-31-61-90-95(75)98(65-36-11-5-12-37-65,66-38-13-6-14-39-66)85-56-24-26-59-88(85)101(90)2)47-28-49-73(81)91(72)79-52-29-57-86-92(79)77-44-19-21-53-82(77)99(86)83-54-22-20-45-78(83)93-71-42-17-15-40-67(71)68-41-16-18-43-76(68)96(93)99/h3-62H,1-2H3. The van der Waals surface area contributed by atoms with Gasteiger partial charge in [-0.1, -0.05) is 334 Å². The second-order valence-corrected chi connectivity index (χ2v) is 28.0. The van der Waals surface area contributed by atoms with Crippen LogP contribution in [0.5, 0.6) is 0 Å². The fourth-order valence-corrected chi connectivity index (χ4v) is 19.9. The van der Waals surface area contributed by atoms with E-state index in [-0.39, 0.29) is 0 Å². The zero-order valence-corrected chi connectivity index (χ0v) is 56.0. The van der Waals surface area contributed by atoms with Gasteiger partial charge in [0.15, 0.2) is 0 Å². The van der Waals surface area contributed by atoms with Gasteiger partial charge in [0.05, 0.1) is 16.2 Å². The molecule has 21 rings (SSSR count). The molecule has 1 unspecified atom stereocenters. The largest absolute Gasteiger partial charge is 0.344 e. The van der Waals surface area contributed by atoms with E-state index in [2.05, 4.69) is 388 Å². The minimum absolute atomic E-state index is 0.651. The second-order valence-electron chi connectivity index (χ2n) is 28.0. The fraction of sp³-hybridized carbons (Fsp3) is 0.0505. The van der Waals surface area contributed by atoms with Crippen LogP contribution in [0.4, 0.5) is 22.7 Å². The van der Waals surface area contributed by atoms with E-state index in [1.807, 2.05) is 0 Å². The summed E-state index contributed by atoms with van der Waals surface area (Å²) in [5, 5.41) is 9.90. The molecule has 0 amide bonds. The number of nitrogens with zero attached hydrogens (tertiary/aromatic N) is 2. The highest BCUT2D eigenvalue weighted by Gasteiger charge is 2.55. The van der Waals surface area contributed by atoms with Crippen LogP contribution in [0.3, 0.4) is 0 Å². The molecule has 0 radical (unpaired) electrons. The van der Waals surface area contributed by atoms with Gasteiger partial charge in [-0.2, -0.15) is 0 Å². The highest BCUT2D eigenvalue weighted by molar-refractivity contribution is 6.24. The molecular formula is C99H66N2. The predicted octanol–water partition coefficient (Wildman–Crippen LogP) is 24.6. The molecule has 0 N–H and O–H groups in total. The topological polar surface area (TPSA) is 6.48 Å². The Bertz CT molecular complexity index is 5980. The van der Waals surface area contributed by atoms with Crippen molar-refractivity contribution >= 4 is 65.8 Å². The van der Waals surface area contributed by atoms with Crippen LogP contribution < -0.4 is 9.80 Å². The highest BCUT2D eigenvalue weighted by Crippen LogP contribution is 2.68. The number of rotatable bonds is 7. The smallest absolute Gasteiger partial charge is 0.0748 e. The first kappa shape index (κ1) is 57.4. The molecule has 0 saturated carbocycles. The number of para-hydroxylation sites is 2. The number of hydrogen-bond acceptors (Lipinski definition) is 2. The molecule has 101 heavy (non-hydrogen) atoms. The molecule has 0 saturated heterocycles. The van der Waals surface area contributed by atoms with Crippen molar-refractivity contribution in [2.45, 2.75) is 16.2 Å². The maximum Gasteiger partial charge on any atom is 0.0748 e. The summed E-state index contributed by atoms with van der Waals surface area (Å²) in [7, 11) is 4.52. The molecule has 2 aliphatic heterocycles. The first-order valence-corrected chi connectivity index (χ1v) is 35.4. The molecular weight excluding hydrogens is 1220 g/mol. The van der Waals surface area contributed by atoms with E-state index < -0.39 is 16.2 Å². The fourth-order valence-electron chi connectivity index (χ4n) is 19.9. The molecule has 2 aliphatic carbocycles. The Morgan fingerprint density at radius 2 is 0.485 bits per heavy atom. The summed E-state index contributed by atoms with van der Waals surface area (Å²) >= 11 is 0. The van der Waals surface area contributed by atoms with Gasteiger partial charge in [0, 0.05) is 48.0 Å². The monoisotopic (exact) mass is 1280 g/mol. The van der Waals surface area contributed by atoms with Crippen LogP contribution in [0.25, 0.3) is 98.7 Å². The Morgan fingerprint density at radius 1 is 0.178 bits per heavy atom. The maximum absolute atomic E-state index is 2.59. The molecule has 17 aromatic carbocycles. The van der Waals surface area contributed by atoms with Crippen molar-refractivity contribution in [3.8, 4) is 55.6 Å². The van der Waals surface area contributed by atoms with Crippen molar-refractivity contribution in [2.75, 3.05) is 23.9 Å². The summed E-state index contributed by atoms with van der Waals surface area (Å²) < 4.78 is 0. The average Bonchev–Trinajstić information content (AvgIpc) is 0.973. The van der Waals surface area contributed by atoms with Crippen molar-refractivity contribution in [3.05, 3.63) is 431 Å². The van der Waals surface area contributed by atoms with Gasteiger partial charge in [-0.15, -0.1) is 0 Å². The third-order valence-electron chi connectivity index (χ3n) is 23.6. The van der Waals surface area contributed by atoms with Gasteiger partial charge >= 0.3 is 0 Å². The molecule has 0 fully saturated rings. The van der Waals surface area contributed by atoms with Crippen LogP contribution in [-0.2, 0) is 16.2 Å². The maximum atomic E-state index is 2.59. The van der Waals surface area contributed by atoms with Crippen molar-refractivity contribution in [1.82, 2.24) is 0 Å². The number of fused-ring (bicyclic) bond motifs is 21. The molecule has 17 aromatic rings. The first-order chi connectivity index (χ1) is 50.0. The van der Waals surface area contributed by atoms with Crippen LogP contribution in [0.1, 0.15) is 66.8 Å². The Morgan fingerprint density at radius 3 is 0.970 bits per heavy atom. The minimum atomic E-state index is -0.726. The second kappa shape index (κ2) is 21.7. The van der Waals surface area contributed by atoms with Gasteiger partial charge in [-0.3, -0.25) is 0 Å². The van der Waals surface area contributed by atoms with Crippen molar-refractivity contribution < 1.29 is 0 Å². The summed E-state index contributed by atoms with van der Waals surface area (Å²) in [4.78, 5) is 4.88. The average molecular weight is 1280 g/mol. The van der Waals surface area contributed by atoms with Crippen LogP contribution in [0.2, 0.25) is 0 Å². The van der Waals surface area contributed by atoms with E-state index >= 15 is 0 Å². The molecule has 1 atom stereocenters. The van der Waals surface area contributed by atoms with Gasteiger partial charge in [0.1, 0.15) is 0 Å². The Hall–Kier alpha value is -12.6. The lowest BCUT2D eigenvalue weighted by atomic mass is 9.60. The third kappa shape index (κ3) is 7.50. The lowest BCUT2D eigenvalue weighted by molar-refractivity contribution is 0.729. The lowest BCUT2D eigenvalue weighted by Gasteiger charge is -2.46. The van der Waals surface area contributed by atoms with Crippen LogP contribution in [-0.4, -0.2) is 14.1 Å². The summed E-state index contributed by atoms with van der Waals surface area (Å²) in [6.07, 6.45) is 0. The normalized spacial score (nSPS) is 15.4. The molecule has 472 valence electrons. The molecule has 0 bridgehead atoms. The first-order valence-electron chi connectivity index (χ1n) is 35.4. The summed E-state index contributed by atoms with van der Waals surface area (Å²) in [6, 6.07) is 139. The number of anilines is 4. The van der Waals surface area contributed by atoms with Gasteiger partial charge in [0.2, 0.25) is 0 Å². The predicted molar refractivity (Wildman–Crippen MR) is 422 cm³/mol. The van der Waals surface area contributed by atoms with Gasteiger partial charge in [-0.05, 0) is 185 Å². The number of hydrogen-bond donors (Lipinski definition) is 0. The van der Waals surface area contributed by atoms with Gasteiger partial charge < -0.3 is 9.80 Å². The Kier molecular flexibility index (Phi) is 12.3. The van der Waals surface area contributed by atoms with Crippen molar-refractivity contribution in [3.63, 3.8) is 0 Å². The van der Waals surface area contributed by atoms with E-state index in [0.29, 0.717) is 0 Å². The molecule has 2 heteroatoms. The minimum Gasteiger partial charge on any atom is -0.344 e. The third-order valence-corrected chi connectivity index (χ3v) is 23.6. The van der Waals surface area contributed by atoms with E-state index in [4.69, 9.17) is 0 Å². The summed E-state index contributed by atoms with van der Waals surface area (Å²) in [5.41, 5.74) is 30.1. The van der Waals surface area contributed by atoms with Crippen molar-refractivity contribution in [2.24, 2.45) is 0 Å². The van der Waals surface area contributed by atoms with Crippen LogP contribution >= 0.6 is 0 Å². The zero-order valence-electron chi connectivity index (χ0n) is 56.0. The number of benzene rings is 17. The lowest BCUT2D eigenvalue weighted by Crippen LogP contribution is -2.38. The van der Waals surface area contributed by atoms with Crippen LogP contribution in [0, 0.1) is 0 Å². The summed E-state index contributed by atoms with van der Waals surface area (Å²) in [6.45, 7) is 0. The Balaban J connectivity index is 0.927. The quantitative estimate of drug-likeness (QED) is 0.116. The van der Waals surface area contributed by atoms with Crippen LogP contribution in [0.15, 0.2) is 364 Å². The van der Waals surface area contributed by atoms with Crippen molar-refractivity contribution in [1.29, 1.82) is 0 Å². The van der Waals surface area contributed by atoms with Gasteiger partial charge in [0.25, 0.3) is 0 Å². The summed E-state index contributed by atoms with van der Waals surface area (Å²) in [5.74, 6) is 0. The van der Waals surface area contributed by atoms with Gasteiger partial charge in [-0.25, -0.2) is 0 Å². The molecule has 1 spiro atoms. The molecule has 2 nitrogen and oxygen atoms in total.